The van der Waals surface area contributed by atoms with Gasteiger partial charge in [-0.1, -0.05) is 13.0 Å². The number of urea groups is 1. The van der Waals surface area contributed by atoms with Gasteiger partial charge < -0.3 is 29.0 Å². The molecule has 2 rings (SSSR count). The number of furan rings is 1. The van der Waals surface area contributed by atoms with Crippen LogP contribution in [-0.2, 0) is 17.8 Å². The summed E-state index contributed by atoms with van der Waals surface area (Å²) in [5.74, 6) is 1.85. The van der Waals surface area contributed by atoms with Crippen LogP contribution in [0, 0.1) is 0 Å². The highest BCUT2D eigenvalue weighted by atomic mass is 16.5. The van der Waals surface area contributed by atoms with Gasteiger partial charge in [0.2, 0.25) is 5.91 Å². The average molecular weight is 474 g/mol. The first kappa shape index (κ1) is 27.1. The van der Waals surface area contributed by atoms with Crippen molar-refractivity contribution in [2.75, 3.05) is 27.3 Å². The molecule has 0 aliphatic rings. The minimum Gasteiger partial charge on any atom is -0.493 e. The SMILES string of the molecule is CCC(C)N(CC(=O)N(CCc1ccc(OC)c(OC)c1)Cc1ccco1)C(=O)NC(C)(C)C. The molecule has 0 fully saturated rings. The second kappa shape index (κ2) is 12.3. The topological polar surface area (TPSA) is 84.2 Å². The van der Waals surface area contributed by atoms with E-state index in [0.717, 1.165) is 12.0 Å². The molecule has 0 saturated carbocycles. The van der Waals surface area contributed by atoms with Gasteiger partial charge in [0.1, 0.15) is 12.3 Å². The molecule has 0 radical (unpaired) electrons. The molecule has 1 unspecified atom stereocenters. The van der Waals surface area contributed by atoms with E-state index in [9.17, 15) is 9.59 Å². The van der Waals surface area contributed by atoms with E-state index in [2.05, 4.69) is 5.32 Å². The molecule has 8 heteroatoms. The third-order valence-electron chi connectivity index (χ3n) is 5.57. The van der Waals surface area contributed by atoms with Gasteiger partial charge in [-0.2, -0.15) is 0 Å². The van der Waals surface area contributed by atoms with Crippen molar-refractivity contribution in [3.8, 4) is 11.5 Å². The highest BCUT2D eigenvalue weighted by Gasteiger charge is 2.27. The molecule has 8 nitrogen and oxygen atoms in total. The Kier molecular flexibility index (Phi) is 9.83. The molecule has 0 bridgehead atoms. The molecule has 3 amide bonds. The van der Waals surface area contributed by atoms with Gasteiger partial charge in [0, 0.05) is 18.1 Å². The number of hydrogen-bond acceptors (Lipinski definition) is 5. The fourth-order valence-electron chi connectivity index (χ4n) is 3.47. The monoisotopic (exact) mass is 473 g/mol. The fourth-order valence-corrected chi connectivity index (χ4v) is 3.47. The van der Waals surface area contributed by atoms with Gasteiger partial charge in [0.05, 0.1) is 27.0 Å². The Bertz CT molecular complexity index is 921. The van der Waals surface area contributed by atoms with Crippen molar-refractivity contribution in [1.82, 2.24) is 15.1 Å². The molecule has 1 atom stereocenters. The molecule has 1 aromatic heterocycles. The number of amides is 3. The molecular weight excluding hydrogens is 434 g/mol. The Hall–Kier alpha value is -3.16. The highest BCUT2D eigenvalue weighted by molar-refractivity contribution is 5.84. The van der Waals surface area contributed by atoms with Crippen molar-refractivity contribution >= 4 is 11.9 Å². The summed E-state index contributed by atoms with van der Waals surface area (Å²) in [6.07, 6.45) is 2.95. The second-order valence-corrected chi connectivity index (χ2v) is 9.40. The van der Waals surface area contributed by atoms with E-state index >= 15 is 0 Å². The summed E-state index contributed by atoms with van der Waals surface area (Å²) in [5, 5.41) is 2.98. The summed E-state index contributed by atoms with van der Waals surface area (Å²) < 4.78 is 16.2. The van der Waals surface area contributed by atoms with Crippen LogP contribution < -0.4 is 14.8 Å². The van der Waals surface area contributed by atoms with Crippen LogP contribution in [0.25, 0.3) is 0 Å². The predicted octanol–water partition coefficient (Wildman–Crippen LogP) is 4.48. The number of ether oxygens (including phenoxy) is 2. The molecule has 0 spiro atoms. The third-order valence-corrected chi connectivity index (χ3v) is 5.57. The first-order valence-corrected chi connectivity index (χ1v) is 11.7. The normalized spacial score (nSPS) is 12.1. The minimum absolute atomic E-state index is 0.0104. The number of nitrogens with zero attached hydrogens (tertiary/aromatic N) is 2. The summed E-state index contributed by atoms with van der Waals surface area (Å²) in [7, 11) is 3.20. The third kappa shape index (κ3) is 8.01. The van der Waals surface area contributed by atoms with Crippen LogP contribution >= 0.6 is 0 Å². The van der Waals surface area contributed by atoms with Gasteiger partial charge in [-0.25, -0.2) is 4.79 Å². The molecule has 0 aliphatic heterocycles. The lowest BCUT2D eigenvalue weighted by Gasteiger charge is -2.33. The maximum Gasteiger partial charge on any atom is 0.318 e. The van der Waals surface area contributed by atoms with Crippen LogP contribution in [0.1, 0.15) is 52.4 Å². The Morgan fingerprint density at radius 2 is 1.82 bits per heavy atom. The van der Waals surface area contributed by atoms with E-state index < -0.39 is 5.54 Å². The molecule has 0 aliphatic carbocycles. The minimum atomic E-state index is -0.396. The second-order valence-electron chi connectivity index (χ2n) is 9.40. The Labute approximate surface area is 203 Å². The van der Waals surface area contributed by atoms with Crippen LogP contribution in [0.2, 0.25) is 0 Å². The average Bonchev–Trinajstić information content (AvgIpc) is 3.31. The van der Waals surface area contributed by atoms with Crippen LogP contribution in [0.4, 0.5) is 4.79 Å². The van der Waals surface area contributed by atoms with Gasteiger partial charge in [0.25, 0.3) is 0 Å². The van der Waals surface area contributed by atoms with Gasteiger partial charge in [-0.05, 0) is 70.4 Å². The number of carbonyl (C=O) groups excluding carboxylic acids is 2. The lowest BCUT2D eigenvalue weighted by Crippen LogP contribution is -2.54. The molecule has 1 N–H and O–H groups in total. The first-order valence-electron chi connectivity index (χ1n) is 11.7. The Morgan fingerprint density at radius 3 is 2.38 bits per heavy atom. The maximum absolute atomic E-state index is 13.4. The summed E-state index contributed by atoms with van der Waals surface area (Å²) in [5.41, 5.74) is 0.617. The quantitative estimate of drug-likeness (QED) is 0.520. The van der Waals surface area contributed by atoms with Gasteiger partial charge in [-0.3, -0.25) is 4.79 Å². The van der Waals surface area contributed by atoms with E-state index in [1.165, 1.54) is 0 Å². The zero-order chi connectivity index (χ0) is 25.3. The number of nitrogens with one attached hydrogen (secondary N) is 1. The fraction of sp³-hybridized carbons (Fsp3) is 0.538. The van der Waals surface area contributed by atoms with Gasteiger partial charge in [0.15, 0.2) is 11.5 Å². The molecule has 0 saturated heterocycles. The Morgan fingerprint density at radius 1 is 1.12 bits per heavy atom. The van der Waals surface area contributed by atoms with Crippen LogP contribution in [0.3, 0.4) is 0 Å². The molecular formula is C26H39N3O5. The van der Waals surface area contributed by atoms with Crippen LogP contribution in [-0.4, -0.2) is 60.6 Å². The number of rotatable bonds is 11. The van der Waals surface area contributed by atoms with Gasteiger partial charge in [-0.15, -0.1) is 0 Å². The number of benzene rings is 1. The van der Waals surface area contributed by atoms with Crippen LogP contribution in [0.5, 0.6) is 11.5 Å². The van der Waals surface area contributed by atoms with Crippen LogP contribution in [0.15, 0.2) is 41.0 Å². The van der Waals surface area contributed by atoms with E-state index in [-0.39, 0.29) is 24.5 Å². The van der Waals surface area contributed by atoms with E-state index in [1.807, 2.05) is 58.9 Å². The number of hydrogen-bond donors (Lipinski definition) is 1. The molecule has 1 aromatic carbocycles. The highest BCUT2D eigenvalue weighted by Crippen LogP contribution is 2.27. The first-order chi connectivity index (χ1) is 16.1. The lowest BCUT2D eigenvalue weighted by molar-refractivity contribution is -0.133. The molecule has 2 aromatic rings. The Balaban J connectivity index is 2.19. The maximum atomic E-state index is 13.4. The molecule has 188 valence electrons. The van der Waals surface area contributed by atoms with E-state index in [0.29, 0.717) is 36.8 Å². The molecule has 34 heavy (non-hydrogen) atoms. The van der Waals surface area contributed by atoms with Crippen molar-refractivity contribution in [2.45, 2.75) is 65.6 Å². The van der Waals surface area contributed by atoms with Crippen molar-refractivity contribution in [2.24, 2.45) is 0 Å². The van der Waals surface area contributed by atoms with E-state index in [1.54, 1.807) is 36.3 Å². The summed E-state index contributed by atoms with van der Waals surface area (Å²) in [6, 6.07) is 9.05. The summed E-state index contributed by atoms with van der Waals surface area (Å²) >= 11 is 0. The number of methoxy groups -OCH3 is 2. The zero-order valence-electron chi connectivity index (χ0n) is 21.5. The number of carbonyl (C=O) groups is 2. The van der Waals surface area contributed by atoms with Crippen molar-refractivity contribution < 1.29 is 23.5 Å². The van der Waals surface area contributed by atoms with Crippen molar-refractivity contribution in [3.63, 3.8) is 0 Å². The standard InChI is InChI=1S/C26H39N3O5/c1-8-19(2)29(25(31)27-26(3,4)5)18-24(30)28(17-21-10-9-15-34-21)14-13-20-11-12-22(32-6)23(16-20)33-7/h9-12,15-16,19H,8,13-14,17-18H2,1-7H3,(H,27,31). The summed E-state index contributed by atoms with van der Waals surface area (Å²) in [6.45, 7) is 10.5. The smallest absolute Gasteiger partial charge is 0.318 e. The summed E-state index contributed by atoms with van der Waals surface area (Å²) in [4.78, 5) is 29.7. The molecule has 1 heterocycles. The lowest BCUT2D eigenvalue weighted by atomic mass is 10.1. The van der Waals surface area contributed by atoms with Crippen molar-refractivity contribution in [3.05, 3.63) is 47.9 Å². The van der Waals surface area contributed by atoms with Crippen molar-refractivity contribution in [1.29, 1.82) is 0 Å². The zero-order valence-corrected chi connectivity index (χ0v) is 21.5. The predicted molar refractivity (Wildman–Crippen MR) is 132 cm³/mol. The van der Waals surface area contributed by atoms with Gasteiger partial charge >= 0.3 is 6.03 Å². The van der Waals surface area contributed by atoms with E-state index in [4.69, 9.17) is 13.9 Å². The largest absolute Gasteiger partial charge is 0.493 e.